The van der Waals surface area contributed by atoms with Crippen LogP contribution >= 0.6 is 47.8 Å². The fourth-order valence-electron chi connectivity index (χ4n) is 0.853. The lowest BCUT2D eigenvalue weighted by molar-refractivity contribution is -0.116. The van der Waals surface area contributed by atoms with Gasteiger partial charge in [0.15, 0.2) is 5.78 Å². The summed E-state index contributed by atoms with van der Waals surface area (Å²) in [7, 11) is 0. The molecule has 0 amide bonds. The van der Waals surface area contributed by atoms with E-state index in [2.05, 4.69) is 54.7 Å². The van der Waals surface area contributed by atoms with Crippen molar-refractivity contribution >= 4 is 53.6 Å². The molecule has 1 nitrogen and oxygen atoms in total. The third-order valence-electron chi connectivity index (χ3n) is 1.58. The molecule has 0 saturated heterocycles. The standard InChI is InChI=1S/C8H13Br3O/c1-2-3-4-5-6(9)7(12)8(10)11/h6,8H,2-5H2,1H3. The summed E-state index contributed by atoms with van der Waals surface area (Å²) in [6, 6.07) is 0. The molecule has 0 spiro atoms. The maximum atomic E-state index is 11.3. The van der Waals surface area contributed by atoms with Crippen LogP contribution in [0.15, 0.2) is 0 Å². The average molecular weight is 365 g/mol. The predicted molar refractivity (Wildman–Crippen MR) is 63.5 cm³/mol. The molecule has 0 heterocycles. The Balaban J connectivity index is 3.57. The first-order chi connectivity index (χ1) is 5.59. The molecule has 1 atom stereocenters. The van der Waals surface area contributed by atoms with Crippen LogP contribution in [0.3, 0.4) is 0 Å². The summed E-state index contributed by atoms with van der Waals surface area (Å²) in [5.74, 6) is 0.172. The van der Waals surface area contributed by atoms with Crippen LogP contribution in [0.1, 0.15) is 32.6 Å². The highest BCUT2D eigenvalue weighted by atomic mass is 79.9. The van der Waals surface area contributed by atoms with Crippen molar-refractivity contribution in [1.29, 1.82) is 0 Å². The Bertz CT molecular complexity index is 136. The predicted octanol–water partition coefficient (Wildman–Crippen LogP) is 4.02. The number of ketones is 1. The average Bonchev–Trinajstić information content (AvgIpc) is 2.03. The normalized spacial score (nSPS) is 13.4. The van der Waals surface area contributed by atoms with Crippen LogP contribution in [-0.2, 0) is 4.79 Å². The van der Waals surface area contributed by atoms with Gasteiger partial charge in [-0.15, -0.1) is 0 Å². The minimum Gasteiger partial charge on any atom is -0.296 e. The second-order valence-electron chi connectivity index (χ2n) is 2.67. The van der Waals surface area contributed by atoms with Gasteiger partial charge in [-0.2, -0.15) is 0 Å². The molecule has 0 rings (SSSR count). The third kappa shape index (κ3) is 5.70. The highest BCUT2D eigenvalue weighted by molar-refractivity contribution is 9.25. The molecule has 0 aromatic heterocycles. The first-order valence-corrected chi connectivity index (χ1v) is 6.80. The summed E-state index contributed by atoms with van der Waals surface area (Å²) in [5, 5.41) is 0. The van der Waals surface area contributed by atoms with Gasteiger partial charge >= 0.3 is 0 Å². The molecular weight excluding hydrogens is 352 g/mol. The van der Waals surface area contributed by atoms with E-state index < -0.39 is 0 Å². The first-order valence-electron chi connectivity index (χ1n) is 4.05. The molecule has 0 aromatic carbocycles. The zero-order valence-electron chi connectivity index (χ0n) is 7.03. The number of carbonyl (C=O) groups excluding carboxylic acids is 1. The van der Waals surface area contributed by atoms with Crippen LogP contribution in [0.4, 0.5) is 0 Å². The van der Waals surface area contributed by atoms with Crippen LogP contribution in [0.5, 0.6) is 0 Å². The van der Waals surface area contributed by atoms with Gasteiger partial charge in [-0.1, -0.05) is 74.0 Å². The SMILES string of the molecule is CCCCCC(Br)C(=O)C(Br)Br. The summed E-state index contributed by atoms with van der Waals surface area (Å²) < 4.78 is -0.212. The largest absolute Gasteiger partial charge is 0.296 e. The van der Waals surface area contributed by atoms with Gasteiger partial charge in [-0.05, 0) is 6.42 Å². The molecule has 1 unspecified atom stereocenters. The molecule has 0 N–H and O–H groups in total. The van der Waals surface area contributed by atoms with Crippen LogP contribution in [0.25, 0.3) is 0 Å². The van der Waals surface area contributed by atoms with Crippen molar-refractivity contribution in [1.82, 2.24) is 0 Å². The van der Waals surface area contributed by atoms with Crippen molar-refractivity contribution in [3.63, 3.8) is 0 Å². The second-order valence-corrected chi connectivity index (χ2v) is 6.83. The first kappa shape index (κ1) is 13.1. The maximum Gasteiger partial charge on any atom is 0.170 e. The van der Waals surface area contributed by atoms with E-state index in [4.69, 9.17) is 0 Å². The van der Waals surface area contributed by atoms with Crippen LogP contribution in [0, 0.1) is 0 Å². The number of hydrogen-bond acceptors (Lipinski definition) is 1. The minimum atomic E-state index is -0.212. The van der Waals surface area contributed by atoms with Gasteiger partial charge in [0.2, 0.25) is 0 Å². The highest BCUT2D eigenvalue weighted by Gasteiger charge is 2.19. The van der Waals surface area contributed by atoms with Crippen LogP contribution in [-0.4, -0.2) is 14.3 Å². The Hall–Kier alpha value is 1.11. The van der Waals surface area contributed by atoms with Crippen molar-refractivity contribution in [3.8, 4) is 0 Å². The molecule has 0 fully saturated rings. The van der Waals surface area contributed by atoms with Gasteiger partial charge in [0.05, 0.1) is 4.83 Å². The Labute approximate surface area is 99.1 Å². The van der Waals surface area contributed by atoms with E-state index in [1.54, 1.807) is 0 Å². The molecular formula is C8H13Br3O. The topological polar surface area (TPSA) is 17.1 Å². The highest BCUT2D eigenvalue weighted by Crippen LogP contribution is 2.19. The Morgan fingerprint density at radius 3 is 2.25 bits per heavy atom. The Morgan fingerprint density at radius 1 is 1.25 bits per heavy atom. The van der Waals surface area contributed by atoms with Crippen molar-refractivity contribution in [2.45, 2.75) is 41.2 Å². The summed E-state index contributed by atoms with van der Waals surface area (Å²) in [6.45, 7) is 2.16. The molecule has 0 aliphatic heterocycles. The monoisotopic (exact) mass is 362 g/mol. The van der Waals surface area contributed by atoms with Crippen molar-refractivity contribution in [2.24, 2.45) is 0 Å². The summed E-state index contributed by atoms with van der Waals surface area (Å²) in [4.78, 5) is 11.3. The van der Waals surface area contributed by atoms with E-state index in [9.17, 15) is 4.79 Å². The molecule has 12 heavy (non-hydrogen) atoms. The van der Waals surface area contributed by atoms with Crippen molar-refractivity contribution in [2.75, 3.05) is 0 Å². The number of halogens is 3. The molecule has 0 aromatic rings. The Morgan fingerprint density at radius 2 is 1.83 bits per heavy atom. The van der Waals surface area contributed by atoms with E-state index in [1.165, 1.54) is 12.8 Å². The number of alkyl halides is 3. The van der Waals surface area contributed by atoms with Crippen molar-refractivity contribution in [3.05, 3.63) is 0 Å². The molecule has 0 radical (unpaired) electrons. The van der Waals surface area contributed by atoms with Gasteiger partial charge < -0.3 is 0 Å². The third-order valence-corrected chi connectivity index (χ3v) is 3.40. The smallest absolute Gasteiger partial charge is 0.170 e. The quantitative estimate of drug-likeness (QED) is 0.514. The van der Waals surface area contributed by atoms with Gasteiger partial charge in [-0.3, -0.25) is 4.79 Å². The number of rotatable bonds is 6. The summed E-state index contributed by atoms with van der Waals surface area (Å²) in [5.41, 5.74) is 0. The van der Waals surface area contributed by atoms with E-state index in [0.29, 0.717) is 0 Å². The Kier molecular flexibility index (Phi) is 8.20. The van der Waals surface area contributed by atoms with E-state index in [0.717, 1.165) is 12.8 Å². The molecule has 4 heteroatoms. The van der Waals surface area contributed by atoms with Crippen LogP contribution < -0.4 is 0 Å². The lowest BCUT2D eigenvalue weighted by Crippen LogP contribution is -2.19. The van der Waals surface area contributed by atoms with Crippen LogP contribution in [0.2, 0.25) is 0 Å². The fraction of sp³-hybridized carbons (Fsp3) is 0.875. The zero-order valence-corrected chi connectivity index (χ0v) is 11.8. The fourth-order valence-corrected chi connectivity index (χ4v) is 2.79. The maximum absolute atomic E-state index is 11.3. The molecule has 0 aliphatic carbocycles. The molecule has 0 aliphatic rings. The second kappa shape index (κ2) is 7.51. The lowest BCUT2D eigenvalue weighted by atomic mass is 10.1. The number of hydrogen-bond donors (Lipinski definition) is 0. The van der Waals surface area contributed by atoms with E-state index >= 15 is 0 Å². The van der Waals surface area contributed by atoms with E-state index in [1.807, 2.05) is 0 Å². The molecule has 72 valence electrons. The van der Waals surface area contributed by atoms with E-state index in [-0.39, 0.29) is 14.3 Å². The zero-order chi connectivity index (χ0) is 9.56. The van der Waals surface area contributed by atoms with Gasteiger partial charge in [0.25, 0.3) is 0 Å². The van der Waals surface area contributed by atoms with Crippen molar-refractivity contribution < 1.29 is 4.79 Å². The summed E-state index contributed by atoms with van der Waals surface area (Å²) in [6.07, 6.45) is 4.44. The number of unbranched alkanes of at least 4 members (excludes halogenated alkanes) is 2. The number of carbonyl (C=O) groups is 1. The van der Waals surface area contributed by atoms with Gasteiger partial charge in [0, 0.05) is 0 Å². The number of Topliss-reactive ketones (excluding diaryl/α,β-unsaturated/α-hetero) is 1. The minimum absolute atomic E-state index is 0.00667. The van der Waals surface area contributed by atoms with Gasteiger partial charge in [0.1, 0.15) is 3.74 Å². The molecule has 0 saturated carbocycles. The van der Waals surface area contributed by atoms with Gasteiger partial charge in [-0.25, -0.2) is 0 Å². The summed E-state index contributed by atoms with van der Waals surface area (Å²) >= 11 is 9.74. The molecule has 0 bridgehead atoms. The lowest BCUT2D eigenvalue weighted by Gasteiger charge is -2.08.